The number of para-hydroxylation sites is 1. The molecule has 144 valence electrons. The van der Waals surface area contributed by atoms with E-state index < -0.39 is 24.4 Å². The third-order valence-electron chi connectivity index (χ3n) is 4.42. The molecule has 0 saturated heterocycles. The molecule has 1 aliphatic heterocycles. The average Bonchev–Trinajstić information content (AvgIpc) is 2.94. The molecule has 3 aromatic rings. The molecule has 0 saturated carbocycles. The lowest BCUT2D eigenvalue weighted by atomic mass is 10.00. The van der Waals surface area contributed by atoms with Gasteiger partial charge < -0.3 is 4.74 Å². The number of benzene rings is 2. The van der Waals surface area contributed by atoms with Crippen LogP contribution in [0.3, 0.4) is 0 Å². The zero-order valence-electron chi connectivity index (χ0n) is 14.4. The predicted molar refractivity (Wildman–Crippen MR) is 99.5 cm³/mol. The van der Waals surface area contributed by atoms with Crippen molar-refractivity contribution in [2.75, 3.05) is 0 Å². The van der Waals surface area contributed by atoms with E-state index in [1.165, 1.54) is 17.0 Å². The molecule has 0 spiro atoms. The Morgan fingerprint density at radius 1 is 1.04 bits per heavy atom. The first-order valence-corrected chi connectivity index (χ1v) is 8.78. The zero-order chi connectivity index (χ0) is 19.9. The van der Waals surface area contributed by atoms with Gasteiger partial charge in [0.15, 0.2) is 6.10 Å². The van der Waals surface area contributed by atoms with Gasteiger partial charge in [-0.1, -0.05) is 41.9 Å². The van der Waals surface area contributed by atoms with E-state index in [2.05, 4.69) is 0 Å². The maximum Gasteiger partial charge on any atom is 0.408 e. The van der Waals surface area contributed by atoms with Gasteiger partial charge in [-0.2, -0.15) is 13.2 Å². The largest absolute Gasteiger partial charge is 0.488 e. The van der Waals surface area contributed by atoms with E-state index in [0.29, 0.717) is 26.6 Å². The van der Waals surface area contributed by atoms with Gasteiger partial charge in [0, 0.05) is 5.02 Å². The summed E-state index contributed by atoms with van der Waals surface area (Å²) in [6.45, 7) is -1.41. The first-order chi connectivity index (χ1) is 13.3. The molecule has 1 atom stereocenters. The minimum Gasteiger partial charge on any atom is -0.488 e. The minimum atomic E-state index is -4.56. The fourth-order valence-electron chi connectivity index (χ4n) is 3.28. The van der Waals surface area contributed by atoms with Crippen LogP contribution in [-0.2, 0) is 11.3 Å². The molecule has 4 rings (SSSR count). The van der Waals surface area contributed by atoms with Gasteiger partial charge in [-0.25, -0.2) is 9.36 Å². The Balaban J connectivity index is 1.95. The van der Waals surface area contributed by atoms with Crippen molar-refractivity contribution in [3.05, 3.63) is 93.1 Å². The van der Waals surface area contributed by atoms with Gasteiger partial charge in [0.05, 0.1) is 23.2 Å². The molecule has 1 aromatic heterocycles. The molecule has 2 aromatic carbocycles. The molecular formula is C20H14ClF3N2O2. The van der Waals surface area contributed by atoms with Gasteiger partial charge in [0.2, 0.25) is 0 Å². The molecule has 0 bridgehead atoms. The van der Waals surface area contributed by atoms with Crippen molar-refractivity contribution in [2.45, 2.75) is 18.8 Å². The average molecular weight is 407 g/mol. The van der Waals surface area contributed by atoms with Crippen LogP contribution in [0.25, 0.3) is 11.8 Å². The number of ether oxygens (including phenoxy) is 1. The van der Waals surface area contributed by atoms with Gasteiger partial charge in [0.1, 0.15) is 6.54 Å². The second-order valence-electron chi connectivity index (χ2n) is 6.29. The van der Waals surface area contributed by atoms with E-state index >= 15 is 0 Å². The monoisotopic (exact) mass is 406 g/mol. The number of halogens is 4. The zero-order valence-corrected chi connectivity index (χ0v) is 15.1. The number of nitrogens with zero attached hydrogens (tertiary/aromatic N) is 2. The number of rotatable bonds is 3. The van der Waals surface area contributed by atoms with Crippen molar-refractivity contribution < 1.29 is 17.9 Å². The fraction of sp³-hybridized carbons (Fsp3) is 0.150. The Kier molecular flexibility index (Phi) is 4.55. The number of fused-ring (bicyclic) bond motifs is 1. The summed E-state index contributed by atoms with van der Waals surface area (Å²) in [6, 6.07) is 15.1. The van der Waals surface area contributed by atoms with Crippen LogP contribution in [0.5, 0.6) is 0 Å². The number of alkyl halides is 3. The van der Waals surface area contributed by atoms with Crippen LogP contribution in [-0.4, -0.2) is 15.5 Å². The Labute approximate surface area is 163 Å². The summed E-state index contributed by atoms with van der Waals surface area (Å²) in [6.07, 6.45) is -2.49. The molecule has 0 fully saturated rings. The molecule has 0 N–H and O–H groups in total. The lowest BCUT2D eigenvalue weighted by Crippen LogP contribution is -2.31. The Bertz CT molecular complexity index is 1080. The van der Waals surface area contributed by atoms with Crippen molar-refractivity contribution in [1.29, 1.82) is 0 Å². The standard InChI is InChI=1S/C20H14ClF3N2O2/c21-14-8-6-13(7-9-14)18-17-16(10-11-28-18)26(15-4-2-1-3-5-15)25(19(17)27)12-20(22,23)24/h1-11,18H,12H2. The predicted octanol–water partition coefficient (Wildman–Crippen LogP) is 4.95. The maximum absolute atomic E-state index is 13.2. The van der Waals surface area contributed by atoms with Crippen molar-refractivity contribution in [2.24, 2.45) is 0 Å². The second kappa shape index (κ2) is 6.91. The van der Waals surface area contributed by atoms with Crippen LogP contribution >= 0.6 is 11.6 Å². The summed E-state index contributed by atoms with van der Waals surface area (Å²) in [4.78, 5) is 13.0. The highest BCUT2D eigenvalue weighted by Crippen LogP contribution is 2.34. The van der Waals surface area contributed by atoms with E-state index in [1.807, 2.05) is 0 Å². The van der Waals surface area contributed by atoms with Crippen molar-refractivity contribution in [1.82, 2.24) is 9.36 Å². The van der Waals surface area contributed by atoms with Crippen LogP contribution in [0.1, 0.15) is 22.9 Å². The molecule has 0 amide bonds. The topological polar surface area (TPSA) is 36.2 Å². The molecular weight excluding hydrogens is 393 g/mol. The lowest BCUT2D eigenvalue weighted by Gasteiger charge is -2.20. The summed E-state index contributed by atoms with van der Waals surface area (Å²) >= 11 is 5.91. The SMILES string of the molecule is O=c1c2c(n(-c3ccccc3)n1CC(F)(F)F)C=COC2c1ccc(Cl)cc1. The summed E-state index contributed by atoms with van der Waals surface area (Å²) < 4.78 is 47.2. The van der Waals surface area contributed by atoms with E-state index in [1.54, 1.807) is 54.6 Å². The Morgan fingerprint density at radius 3 is 2.36 bits per heavy atom. The molecule has 0 aliphatic carbocycles. The fourth-order valence-corrected chi connectivity index (χ4v) is 3.41. The molecule has 0 radical (unpaired) electrons. The van der Waals surface area contributed by atoms with Crippen LogP contribution in [0.15, 0.2) is 65.7 Å². The summed E-state index contributed by atoms with van der Waals surface area (Å²) in [5.74, 6) is 0. The number of hydrogen-bond donors (Lipinski definition) is 0. The molecule has 1 unspecified atom stereocenters. The van der Waals surface area contributed by atoms with E-state index in [-0.39, 0.29) is 5.56 Å². The summed E-state index contributed by atoms with van der Waals surface area (Å²) in [5.41, 5.74) is 0.827. The van der Waals surface area contributed by atoms with Crippen molar-refractivity contribution in [3.8, 4) is 5.69 Å². The lowest BCUT2D eigenvalue weighted by molar-refractivity contribution is -0.144. The highest BCUT2D eigenvalue weighted by molar-refractivity contribution is 6.30. The molecule has 8 heteroatoms. The first kappa shape index (κ1) is 18.4. The maximum atomic E-state index is 13.2. The van der Waals surface area contributed by atoms with Gasteiger partial charge in [0.25, 0.3) is 5.56 Å². The highest BCUT2D eigenvalue weighted by atomic mass is 35.5. The molecule has 4 nitrogen and oxygen atoms in total. The summed E-state index contributed by atoms with van der Waals surface area (Å²) in [7, 11) is 0. The van der Waals surface area contributed by atoms with Crippen LogP contribution < -0.4 is 5.56 Å². The molecule has 28 heavy (non-hydrogen) atoms. The van der Waals surface area contributed by atoms with Gasteiger partial charge in [-0.05, 0) is 35.9 Å². The number of aromatic nitrogens is 2. The van der Waals surface area contributed by atoms with Crippen molar-refractivity contribution >= 4 is 17.7 Å². The summed E-state index contributed by atoms with van der Waals surface area (Å²) in [5, 5.41) is 0.506. The molecule has 2 heterocycles. The van der Waals surface area contributed by atoms with Crippen LogP contribution in [0, 0.1) is 0 Å². The van der Waals surface area contributed by atoms with E-state index in [0.717, 1.165) is 0 Å². The minimum absolute atomic E-state index is 0.151. The highest BCUT2D eigenvalue weighted by Gasteiger charge is 2.35. The van der Waals surface area contributed by atoms with Crippen LogP contribution in [0.2, 0.25) is 5.02 Å². The first-order valence-electron chi connectivity index (χ1n) is 8.40. The smallest absolute Gasteiger partial charge is 0.408 e. The van der Waals surface area contributed by atoms with Crippen molar-refractivity contribution in [3.63, 3.8) is 0 Å². The molecule has 1 aliphatic rings. The Morgan fingerprint density at radius 2 is 1.71 bits per heavy atom. The normalized spacial score (nSPS) is 15.9. The van der Waals surface area contributed by atoms with Gasteiger partial charge >= 0.3 is 6.18 Å². The third-order valence-corrected chi connectivity index (χ3v) is 4.67. The Hall–Kier alpha value is -2.93. The number of hydrogen-bond acceptors (Lipinski definition) is 2. The second-order valence-corrected chi connectivity index (χ2v) is 6.73. The van der Waals surface area contributed by atoms with Crippen LogP contribution in [0.4, 0.5) is 13.2 Å². The van der Waals surface area contributed by atoms with Gasteiger partial charge in [-0.3, -0.25) is 4.79 Å². The van der Waals surface area contributed by atoms with E-state index in [4.69, 9.17) is 16.3 Å². The van der Waals surface area contributed by atoms with Gasteiger partial charge in [-0.15, -0.1) is 0 Å². The quantitative estimate of drug-likeness (QED) is 0.617. The van der Waals surface area contributed by atoms with E-state index in [9.17, 15) is 18.0 Å². The third kappa shape index (κ3) is 3.33.